The molecule has 2 heterocycles. The van der Waals surface area contributed by atoms with Gasteiger partial charge in [0.15, 0.2) is 11.5 Å². The minimum absolute atomic E-state index is 0.163. The number of nitrogens with zero attached hydrogens (tertiary/aromatic N) is 2. The molecule has 28 heavy (non-hydrogen) atoms. The molecule has 1 N–H and O–H groups in total. The number of hydrogen-bond acceptors (Lipinski definition) is 5. The first-order valence-electron chi connectivity index (χ1n) is 9.02. The number of carbonyl (C=O) groups is 1. The maximum Gasteiger partial charge on any atom is 0.252 e. The smallest absolute Gasteiger partial charge is 0.252 e. The summed E-state index contributed by atoms with van der Waals surface area (Å²) >= 11 is 0. The van der Waals surface area contributed by atoms with Crippen molar-refractivity contribution >= 4 is 5.91 Å². The number of fused-ring (bicyclic) bond motifs is 1. The van der Waals surface area contributed by atoms with Crippen molar-refractivity contribution in [1.82, 2.24) is 14.9 Å². The Labute approximate surface area is 162 Å². The molecule has 1 amide bonds. The Morgan fingerprint density at radius 2 is 2.00 bits per heavy atom. The standard InChI is InChI=1S/C21H21N3O4/c1-14(15-3-5-17(6-4-15)24-8-7-22-13-24)23-21(25)16-11-18(26-2)20-19(12-16)27-9-10-28-20/h3-8,11-14H,9-10H2,1-2H3,(H,23,25)/t14-/m1/s1. The number of rotatable bonds is 5. The van der Waals surface area contributed by atoms with Gasteiger partial charge in [-0.25, -0.2) is 4.98 Å². The minimum atomic E-state index is -0.207. The lowest BCUT2D eigenvalue weighted by Crippen LogP contribution is -2.27. The Hall–Kier alpha value is -3.48. The third-order valence-electron chi connectivity index (χ3n) is 4.63. The fourth-order valence-electron chi connectivity index (χ4n) is 3.11. The molecule has 0 spiro atoms. The molecule has 0 unspecified atom stereocenters. The van der Waals surface area contributed by atoms with Crippen molar-refractivity contribution in [3.63, 3.8) is 0 Å². The molecule has 7 heteroatoms. The highest BCUT2D eigenvalue weighted by molar-refractivity contribution is 5.96. The first-order chi connectivity index (χ1) is 13.7. The summed E-state index contributed by atoms with van der Waals surface area (Å²) in [5.41, 5.74) is 2.47. The molecule has 0 fully saturated rings. The van der Waals surface area contributed by atoms with E-state index in [0.717, 1.165) is 11.3 Å². The zero-order valence-corrected chi connectivity index (χ0v) is 15.7. The van der Waals surface area contributed by atoms with E-state index in [-0.39, 0.29) is 11.9 Å². The summed E-state index contributed by atoms with van der Waals surface area (Å²) in [6.07, 6.45) is 5.36. The largest absolute Gasteiger partial charge is 0.493 e. The summed E-state index contributed by atoms with van der Waals surface area (Å²) < 4.78 is 18.5. The third kappa shape index (κ3) is 3.51. The number of aromatic nitrogens is 2. The summed E-state index contributed by atoms with van der Waals surface area (Å²) in [5.74, 6) is 1.34. The molecule has 1 atom stereocenters. The van der Waals surface area contributed by atoms with E-state index in [1.54, 1.807) is 31.8 Å². The Morgan fingerprint density at radius 1 is 1.21 bits per heavy atom. The molecule has 3 aromatic rings. The average molecular weight is 379 g/mol. The van der Waals surface area contributed by atoms with Gasteiger partial charge in [-0.3, -0.25) is 4.79 Å². The van der Waals surface area contributed by atoms with Crippen molar-refractivity contribution in [2.24, 2.45) is 0 Å². The van der Waals surface area contributed by atoms with Crippen LogP contribution in [0.25, 0.3) is 5.69 Å². The lowest BCUT2D eigenvalue weighted by atomic mass is 10.1. The SMILES string of the molecule is COc1cc(C(=O)N[C@H](C)c2ccc(-n3ccnc3)cc2)cc2c1OCCO2. The Balaban J connectivity index is 1.50. The second-order valence-electron chi connectivity index (χ2n) is 6.46. The number of methoxy groups -OCH3 is 1. The van der Waals surface area contributed by atoms with Crippen molar-refractivity contribution < 1.29 is 19.0 Å². The zero-order chi connectivity index (χ0) is 19.5. The van der Waals surface area contributed by atoms with Gasteiger partial charge in [-0.05, 0) is 36.8 Å². The number of imidazole rings is 1. The van der Waals surface area contributed by atoms with E-state index in [2.05, 4.69) is 10.3 Å². The van der Waals surface area contributed by atoms with E-state index < -0.39 is 0 Å². The van der Waals surface area contributed by atoms with Crippen LogP contribution >= 0.6 is 0 Å². The molecule has 1 aliphatic rings. The second kappa shape index (κ2) is 7.64. The molecule has 0 bridgehead atoms. The van der Waals surface area contributed by atoms with Crippen molar-refractivity contribution in [3.8, 4) is 22.9 Å². The fourth-order valence-corrected chi connectivity index (χ4v) is 3.11. The van der Waals surface area contributed by atoms with Crippen LogP contribution in [0.5, 0.6) is 17.2 Å². The molecule has 4 rings (SSSR count). The van der Waals surface area contributed by atoms with Crippen molar-refractivity contribution in [2.75, 3.05) is 20.3 Å². The monoisotopic (exact) mass is 379 g/mol. The average Bonchev–Trinajstić information content (AvgIpc) is 3.28. The molecule has 0 aliphatic carbocycles. The Morgan fingerprint density at radius 3 is 2.71 bits per heavy atom. The topological polar surface area (TPSA) is 74.6 Å². The van der Waals surface area contributed by atoms with E-state index >= 15 is 0 Å². The van der Waals surface area contributed by atoms with Crippen molar-refractivity contribution in [2.45, 2.75) is 13.0 Å². The maximum atomic E-state index is 12.8. The van der Waals surface area contributed by atoms with Crippen LogP contribution in [0.15, 0.2) is 55.1 Å². The van der Waals surface area contributed by atoms with Gasteiger partial charge in [0.05, 0.1) is 19.5 Å². The number of hydrogen-bond donors (Lipinski definition) is 1. The highest BCUT2D eigenvalue weighted by Crippen LogP contribution is 2.40. The van der Waals surface area contributed by atoms with Gasteiger partial charge in [0.2, 0.25) is 5.75 Å². The number of amides is 1. The quantitative estimate of drug-likeness (QED) is 0.737. The predicted molar refractivity (Wildman–Crippen MR) is 103 cm³/mol. The highest BCUT2D eigenvalue weighted by Gasteiger charge is 2.21. The first kappa shape index (κ1) is 17.9. The summed E-state index contributed by atoms with van der Waals surface area (Å²) in [5, 5.41) is 3.01. The van der Waals surface area contributed by atoms with Gasteiger partial charge in [0, 0.05) is 23.6 Å². The Kier molecular flexibility index (Phi) is 4.89. The molecule has 7 nitrogen and oxygen atoms in total. The number of ether oxygens (including phenoxy) is 3. The van der Waals surface area contributed by atoms with Crippen molar-refractivity contribution in [1.29, 1.82) is 0 Å². The van der Waals surface area contributed by atoms with Crippen LogP contribution in [-0.2, 0) is 0 Å². The normalized spacial score (nSPS) is 13.6. The summed E-state index contributed by atoms with van der Waals surface area (Å²) in [4.78, 5) is 16.8. The molecule has 1 aromatic heterocycles. The molecule has 144 valence electrons. The lowest BCUT2D eigenvalue weighted by Gasteiger charge is -2.22. The zero-order valence-electron chi connectivity index (χ0n) is 15.7. The van der Waals surface area contributed by atoms with Crippen LogP contribution in [0.1, 0.15) is 28.9 Å². The fraction of sp³-hybridized carbons (Fsp3) is 0.238. The molecule has 0 radical (unpaired) electrons. The van der Waals surface area contributed by atoms with Gasteiger partial charge in [-0.1, -0.05) is 12.1 Å². The van der Waals surface area contributed by atoms with Crippen LogP contribution in [-0.4, -0.2) is 35.8 Å². The molecule has 0 saturated heterocycles. The van der Waals surface area contributed by atoms with Crippen LogP contribution < -0.4 is 19.5 Å². The van der Waals surface area contributed by atoms with Crippen molar-refractivity contribution in [3.05, 3.63) is 66.2 Å². The van der Waals surface area contributed by atoms with Gasteiger partial charge in [0.25, 0.3) is 5.91 Å². The second-order valence-corrected chi connectivity index (χ2v) is 6.46. The van der Waals surface area contributed by atoms with Gasteiger partial charge < -0.3 is 24.1 Å². The number of nitrogens with one attached hydrogen (secondary N) is 1. The van der Waals surface area contributed by atoms with E-state index in [0.29, 0.717) is 36.0 Å². The van der Waals surface area contributed by atoms with E-state index in [9.17, 15) is 4.79 Å². The Bertz CT molecular complexity index is 951. The van der Waals surface area contributed by atoms with Gasteiger partial charge in [-0.15, -0.1) is 0 Å². The summed E-state index contributed by atoms with van der Waals surface area (Å²) in [6.45, 7) is 2.85. The molecule has 2 aromatic carbocycles. The third-order valence-corrected chi connectivity index (χ3v) is 4.63. The van der Waals surface area contributed by atoms with Gasteiger partial charge >= 0.3 is 0 Å². The number of carbonyl (C=O) groups excluding carboxylic acids is 1. The van der Waals surface area contributed by atoms with Crippen LogP contribution in [0.3, 0.4) is 0 Å². The van der Waals surface area contributed by atoms with E-state index in [1.165, 1.54) is 0 Å². The molecular weight excluding hydrogens is 358 g/mol. The van der Waals surface area contributed by atoms with Crippen LogP contribution in [0.2, 0.25) is 0 Å². The van der Waals surface area contributed by atoms with Gasteiger partial charge in [-0.2, -0.15) is 0 Å². The summed E-state index contributed by atoms with van der Waals surface area (Å²) in [7, 11) is 1.54. The van der Waals surface area contributed by atoms with E-state index in [4.69, 9.17) is 14.2 Å². The van der Waals surface area contributed by atoms with Gasteiger partial charge in [0.1, 0.15) is 13.2 Å². The minimum Gasteiger partial charge on any atom is -0.493 e. The number of benzene rings is 2. The molecular formula is C21H21N3O4. The van der Waals surface area contributed by atoms with Crippen LogP contribution in [0, 0.1) is 0 Å². The maximum absolute atomic E-state index is 12.8. The van der Waals surface area contributed by atoms with E-state index in [1.807, 2.05) is 42.0 Å². The highest BCUT2D eigenvalue weighted by atomic mass is 16.6. The predicted octanol–water partition coefficient (Wildman–Crippen LogP) is 3.14. The van der Waals surface area contributed by atoms with Crippen LogP contribution in [0.4, 0.5) is 0 Å². The lowest BCUT2D eigenvalue weighted by molar-refractivity contribution is 0.0938. The summed E-state index contributed by atoms with van der Waals surface area (Å²) in [6, 6.07) is 11.1. The first-order valence-corrected chi connectivity index (χ1v) is 9.02. The molecule has 1 aliphatic heterocycles. The molecule has 0 saturated carbocycles.